The maximum atomic E-state index is 12.0. The van der Waals surface area contributed by atoms with Crippen molar-refractivity contribution in [1.82, 2.24) is 0 Å². The van der Waals surface area contributed by atoms with E-state index < -0.39 is 5.97 Å². The summed E-state index contributed by atoms with van der Waals surface area (Å²) >= 11 is 0. The molecule has 0 bridgehead atoms. The van der Waals surface area contributed by atoms with Gasteiger partial charge in [0.15, 0.2) is 5.70 Å². The van der Waals surface area contributed by atoms with E-state index in [4.69, 9.17) is 14.2 Å². The number of hydrogen-bond donors (Lipinski definition) is 0. The van der Waals surface area contributed by atoms with Crippen LogP contribution < -0.4 is 9.47 Å². The largest absolute Gasteiger partial charge is 0.494 e. The van der Waals surface area contributed by atoms with Crippen LogP contribution in [-0.4, -0.2) is 24.4 Å². The van der Waals surface area contributed by atoms with Crippen LogP contribution in [0.5, 0.6) is 11.5 Å². The molecule has 1 aliphatic heterocycles. The van der Waals surface area contributed by atoms with Crippen molar-refractivity contribution < 1.29 is 23.8 Å². The van der Waals surface area contributed by atoms with Gasteiger partial charge in [-0.1, -0.05) is 12.1 Å². The van der Waals surface area contributed by atoms with Gasteiger partial charge in [0.05, 0.1) is 6.61 Å². The fraction of sp³-hybridized carbons (Fsp3) is 0.150. The first kappa shape index (κ1) is 17.4. The van der Waals surface area contributed by atoms with Crippen LogP contribution in [0.3, 0.4) is 0 Å². The van der Waals surface area contributed by atoms with Crippen LogP contribution in [0.4, 0.5) is 0 Å². The van der Waals surface area contributed by atoms with E-state index in [0.717, 1.165) is 11.3 Å². The number of carbonyl (C=O) groups is 2. The van der Waals surface area contributed by atoms with Crippen molar-refractivity contribution in [3.63, 3.8) is 0 Å². The van der Waals surface area contributed by atoms with Crippen molar-refractivity contribution in [1.29, 1.82) is 0 Å². The minimum atomic E-state index is -0.516. The molecule has 0 aliphatic carbocycles. The molecule has 0 saturated carbocycles. The molecular weight excluding hydrogens is 334 g/mol. The Labute approximate surface area is 150 Å². The molecule has 0 spiro atoms. The highest BCUT2D eigenvalue weighted by atomic mass is 16.6. The average Bonchev–Trinajstić information content (AvgIpc) is 2.98. The molecule has 2 aromatic carbocycles. The van der Waals surface area contributed by atoms with Crippen LogP contribution in [0.25, 0.3) is 6.08 Å². The van der Waals surface area contributed by atoms with Crippen LogP contribution in [0.1, 0.15) is 25.0 Å². The Kier molecular flexibility index (Phi) is 5.12. The maximum Gasteiger partial charge on any atom is 0.363 e. The Morgan fingerprint density at radius 2 is 1.73 bits per heavy atom. The monoisotopic (exact) mass is 351 g/mol. The first-order valence-corrected chi connectivity index (χ1v) is 8.09. The number of cyclic esters (lactones) is 1. The van der Waals surface area contributed by atoms with Crippen LogP contribution in [0, 0.1) is 0 Å². The summed E-state index contributed by atoms with van der Waals surface area (Å²) in [6.07, 6.45) is 1.61. The minimum Gasteiger partial charge on any atom is -0.494 e. The Hall–Kier alpha value is -3.41. The summed E-state index contributed by atoms with van der Waals surface area (Å²) in [6, 6.07) is 13.9. The summed E-state index contributed by atoms with van der Waals surface area (Å²) < 4.78 is 15.6. The third-order valence-corrected chi connectivity index (χ3v) is 3.48. The van der Waals surface area contributed by atoms with E-state index >= 15 is 0 Å². The van der Waals surface area contributed by atoms with E-state index in [-0.39, 0.29) is 17.6 Å². The second-order valence-corrected chi connectivity index (χ2v) is 5.46. The van der Waals surface area contributed by atoms with Gasteiger partial charge in [-0.25, -0.2) is 9.79 Å². The number of rotatable bonds is 5. The van der Waals surface area contributed by atoms with Crippen molar-refractivity contribution in [3.05, 3.63) is 65.4 Å². The predicted octanol–water partition coefficient (Wildman–Crippen LogP) is 3.36. The number of benzene rings is 2. The molecule has 132 valence electrons. The standard InChI is InChI=1S/C20H17NO5/c1-3-24-16-10-6-15(7-11-16)19-21-18(20(23)26-19)12-14-4-8-17(9-5-14)25-13(2)22/h4-12H,3H2,1-2H3/b18-12-. The fourth-order valence-electron chi connectivity index (χ4n) is 2.35. The van der Waals surface area contributed by atoms with Gasteiger partial charge in [-0.3, -0.25) is 4.79 Å². The summed E-state index contributed by atoms with van der Waals surface area (Å²) in [5.74, 6) is 0.524. The van der Waals surface area contributed by atoms with Crippen molar-refractivity contribution in [2.24, 2.45) is 4.99 Å². The molecule has 0 radical (unpaired) electrons. The predicted molar refractivity (Wildman–Crippen MR) is 96.0 cm³/mol. The van der Waals surface area contributed by atoms with Crippen molar-refractivity contribution in [3.8, 4) is 11.5 Å². The lowest BCUT2D eigenvalue weighted by Crippen LogP contribution is -2.05. The number of carbonyl (C=O) groups excluding carboxylic acids is 2. The van der Waals surface area contributed by atoms with Gasteiger partial charge in [0.1, 0.15) is 11.5 Å². The summed E-state index contributed by atoms with van der Waals surface area (Å²) in [5.41, 5.74) is 1.63. The zero-order valence-corrected chi connectivity index (χ0v) is 14.4. The van der Waals surface area contributed by atoms with Gasteiger partial charge >= 0.3 is 11.9 Å². The summed E-state index contributed by atoms with van der Waals surface area (Å²) in [4.78, 5) is 27.2. The molecule has 0 atom stereocenters. The van der Waals surface area contributed by atoms with Gasteiger partial charge in [-0.2, -0.15) is 0 Å². The Morgan fingerprint density at radius 3 is 2.35 bits per heavy atom. The summed E-state index contributed by atoms with van der Waals surface area (Å²) in [7, 11) is 0. The number of esters is 2. The highest BCUT2D eigenvalue weighted by molar-refractivity contribution is 6.12. The molecule has 6 heteroatoms. The fourth-order valence-corrected chi connectivity index (χ4v) is 2.35. The number of nitrogens with zero attached hydrogens (tertiary/aromatic N) is 1. The van der Waals surface area contributed by atoms with Gasteiger partial charge in [-0.15, -0.1) is 0 Å². The van der Waals surface area contributed by atoms with E-state index in [0.29, 0.717) is 17.9 Å². The van der Waals surface area contributed by atoms with Gasteiger partial charge in [0, 0.05) is 12.5 Å². The lowest BCUT2D eigenvalue weighted by Gasteiger charge is -2.03. The van der Waals surface area contributed by atoms with E-state index in [1.807, 2.05) is 6.92 Å². The molecular formula is C20H17NO5. The Balaban J connectivity index is 1.78. The SMILES string of the molecule is CCOc1ccc(C2=N/C(=C\c3ccc(OC(C)=O)cc3)C(=O)O2)cc1. The molecule has 26 heavy (non-hydrogen) atoms. The molecule has 0 fully saturated rings. The zero-order valence-electron chi connectivity index (χ0n) is 14.4. The van der Waals surface area contributed by atoms with Gasteiger partial charge in [0.25, 0.3) is 0 Å². The van der Waals surface area contributed by atoms with E-state index in [2.05, 4.69) is 4.99 Å². The molecule has 0 saturated heterocycles. The van der Waals surface area contributed by atoms with Crippen molar-refractivity contribution in [2.75, 3.05) is 6.61 Å². The lowest BCUT2D eigenvalue weighted by molar-refractivity contribution is -0.132. The second kappa shape index (κ2) is 7.65. The Morgan fingerprint density at radius 1 is 1.08 bits per heavy atom. The minimum absolute atomic E-state index is 0.203. The molecule has 0 N–H and O–H groups in total. The van der Waals surface area contributed by atoms with E-state index in [1.54, 1.807) is 54.6 Å². The number of hydrogen-bond acceptors (Lipinski definition) is 6. The third-order valence-electron chi connectivity index (χ3n) is 3.48. The molecule has 2 aromatic rings. The van der Waals surface area contributed by atoms with E-state index in [9.17, 15) is 9.59 Å². The van der Waals surface area contributed by atoms with Gasteiger partial charge in [0.2, 0.25) is 5.90 Å². The summed E-state index contributed by atoms with van der Waals surface area (Å²) in [6.45, 7) is 3.83. The van der Waals surface area contributed by atoms with Gasteiger partial charge < -0.3 is 14.2 Å². The van der Waals surface area contributed by atoms with Crippen molar-refractivity contribution >= 4 is 23.9 Å². The topological polar surface area (TPSA) is 74.2 Å². The zero-order chi connectivity index (χ0) is 18.5. The van der Waals surface area contributed by atoms with Crippen LogP contribution in [-0.2, 0) is 14.3 Å². The van der Waals surface area contributed by atoms with Crippen LogP contribution in [0.2, 0.25) is 0 Å². The molecule has 3 rings (SSSR count). The smallest absolute Gasteiger partial charge is 0.363 e. The average molecular weight is 351 g/mol. The maximum absolute atomic E-state index is 12.0. The highest BCUT2D eigenvalue weighted by Gasteiger charge is 2.24. The Bertz CT molecular complexity index is 879. The van der Waals surface area contributed by atoms with Gasteiger partial charge in [-0.05, 0) is 55.0 Å². The first-order valence-electron chi connectivity index (χ1n) is 8.09. The third kappa shape index (κ3) is 4.16. The molecule has 0 aromatic heterocycles. The molecule has 0 amide bonds. The second-order valence-electron chi connectivity index (χ2n) is 5.46. The molecule has 6 nitrogen and oxygen atoms in total. The molecule has 1 heterocycles. The number of aliphatic imine (C=N–C) groups is 1. The quantitative estimate of drug-likeness (QED) is 0.469. The first-order chi connectivity index (χ1) is 12.5. The normalized spacial score (nSPS) is 14.8. The lowest BCUT2D eigenvalue weighted by atomic mass is 10.2. The summed E-state index contributed by atoms with van der Waals surface area (Å²) in [5, 5.41) is 0. The van der Waals surface area contributed by atoms with Crippen molar-refractivity contribution in [2.45, 2.75) is 13.8 Å². The molecule has 1 aliphatic rings. The number of ether oxygens (including phenoxy) is 3. The van der Waals surface area contributed by atoms with E-state index in [1.165, 1.54) is 6.92 Å². The molecule has 0 unspecified atom stereocenters. The highest BCUT2D eigenvalue weighted by Crippen LogP contribution is 2.22. The van der Waals surface area contributed by atoms with Crippen LogP contribution in [0.15, 0.2) is 59.2 Å². The van der Waals surface area contributed by atoms with Crippen LogP contribution >= 0.6 is 0 Å².